The van der Waals surface area contributed by atoms with E-state index >= 15 is 0 Å². The summed E-state index contributed by atoms with van der Waals surface area (Å²) in [6, 6.07) is 0. The fourth-order valence-electron chi connectivity index (χ4n) is 4.41. The van der Waals surface area contributed by atoms with Gasteiger partial charge in [0, 0.05) is 0 Å². The molecule has 0 saturated heterocycles. The first-order valence-electron chi connectivity index (χ1n) is 10.9. The Morgan fingerprint density at radius 1 is 0.920 bits per heavy atom. The number of allylic oxidation sites excluding steroid dienone is 4. The molecule has 0 heterocycles. The second-order valence-electron chi connectivity index (χ2n) is 11.2. The molecular formula is C25H44. The van der Waals surface area contributed by atoms with Gasteiger partial charge in [0.15, 0.2) is 0 Å². The van der Waals surface area contributed by atoms with Crippen molar-refractivity contribution >= 4 is 0 Å². The average Bonchev–Trinajstić information content (AvgIpc) is 3.22. The van der Waals surface area contributed by atoms with Crippen molar-refractivity contribution in [3.63, 3.8) is 0 Å². The van der Waals surface area contributed by atoms with Crippen LogP contribution in [0.4, 0.5) is 0 Å². The smallest absolute Gasteiger partial charge is 0.0104 e. The van der Waals surface area contributed by atoms with Crippen LogP contribution in [0.3, 0.4) is 0 Å². The predicted octanol–water partition coefficient (Wildman–Crippen LogP) is 8.63. The van der Waals surface area contributed by atoms with Crippen LogP contribution in [0.25, 0.3) is 0 Å². The molecule has 0 aromatic carbocycles. The van der Waals surface area contributed by atoms with Gasteiger partial charge in [0.05, 0.1) is 0 Å². The van der Waals surface area contributed by atoms with E-state index in [1.807, 2.05) is 0 Å². The Morgan fingerprint density at radius 2 is 1.56 bits per heavy atom. The molecule has 0 unspecified atom stereocenters. The molecule has 0 nitrogen and oxygen atoms in total. The lowest BCUT2D eigenvalue weighted by molar-refractivity contribution is 0.359. The Hall–Kier alpha value is -0.520. The van der Waals surface area contributed by atoms with Gasteiger partial charge in [0.2, 0.25) is 0 Å². The van der Waals surface area contributed by atoms with Crippen LogP contribution in [0.2, 0.25) is 0 Å². The van der Waals surface area contributed by atoms with E-state index in [4.69, 9.17) is 0 Å². The van der Waals surface area contributed by atoms with Crippen molar-refractivity contribution < 1.29 is 0 Å². The van der Waals surface area contributed by atoms with Crippen molar-refractivity contribution in [2.24, 2.45) is 16.2 Å². The summed E-state index contributed by atoms with van der Waals surface area (Å²) in [7, 11) is 0. The summed E-state index contributed by atoms with van der Waals surface area (Å²) >= 11 is 0. The fraction of sp³-hybridized carbons (Fsp3) is 0.840. The molecule has 0 N–H and O–H groups in total. The molecule has 2 rings (SSSR count). The van der Waals surface area contributed by atoms with Gasteiger partial charge in [0.1, 0.15) is 0 Å². The highest BCUT2D eigenvalue weighted by Crippen LogP contribution is 2.50. The minimum atomic E-state index is 0.377. The summed E-state index contributed by atoms with van der Waals surface area (Å²) in [4.78, 5) is 0. The largest absolute Gasteiger partial charge is 0.0805 e. The van der Waals surface area contributed by atoms with Crippen molar-refractivity contribution in [2.75, 3.05) is 0 Å². The van der Waals surface area contributed by atoms with E-state index in [2.05, 4.69) is 54.5 Å². The second kappa shape index (κ2) is 8.01. The van der Waals surface area contributed by atoms with Crippen LogP contribution in [0.15, 0.2) is 22.8 Å². The van der Waals surface area contributed by atoms with Crippen molar-refractivity contribution in [3.05, 3.63) is 22.8 Å². The lowest BCUT2D eigenvalue weighted by Crippen LogP contribution is -2.20. The minimum absolute atomic E-state index is 0.377. The topological polar surface area (TPSA) is 0 Å². The van der Waals surface area contributed by atoms with Crippen LogP contribution in [0.1, 0.15) is 119 Å². The lowest BCUT2D eigenvalue weighted by atomic mass is 9.70. The van der Waals surface area contributed by atoms with E-state index in [1.165, 1.54) is 70.6 Å². The zero-order valence-corrected chi connectivity index (χ0v) is 18.4. The van der Waals surface area contributed by atoms with E-state index in [0.717, 1.165) is 5.41 Å². The summed E-state index contributed by atoms with van der Waals surface area (Å²) in [6.45, 7) is 16.9. The molecule has 144 valence electrons. The highest BCUT2D eigenvalue weighted by molar-refractivity contribution is 5.40. The van der Waals surface area contributed by atoms with Gasteiger partial charge in [-0.15, -0.1) is 0 Å². The Morgan fingerprint density at radius 3 is 2.16 bits per heavy atom. The maximum absolute atomic E-state index is 2.51. The molecule has 0 radical (unpaired) electrons. The van der Waals surface area contributed by atoms with Gasteiger partial charge in [-0.2, -0.15) is 0 Å². The first-order chi connectivity index (χ1) is 11.5. The fourth-order valence-corrected chi connectivity index (χ4v) is 4.41. The van der Waals surface area contributed by atoms with Gasteiger partial charge >= 0.3 is 0 Å². The van der Waals surface area contributed by atoms with E-state index in [0.29, 0.717) is 10.8 Å². The molecule has 1 saturated carbocycles. The Bertz CT molecular complexity index is 503. The maximum atomic E-state index is 2.51. The van der Waals surface area contributed by atoms with Gasteiger partial charge in [-0.1, -0.05) is 71.6 Å². The third kappa shape index (κ3) is 6.61. The van der Waals surface area contributed by atoms with E-state index < -0.39 is 0 Å². The monoisotopic (exact) mass is 344 g/mol. The average molecular weight is 345 g/mol. The van der Waals surface area contributed by atoms with Crippen LogP contribution < -0.4 is 0 Å². The molecule has 0 amide bonds. The van der Waals surface area contributed by atoms with E-state index in [-0.39, 0.29) is 0 Å². The SMILES string of the molecule is CC1=CCC(C)(C)C(CCCCC2(C)CC2)=C1CCCCC(C)(C)C. The van der Waals surface area contributed by atoms with Gasteiger partial charge in [-0.05, 0) is 86.5 Å². The Kier molecular flexibility index (Phi) is 6.66. The summed E-state index contributed by atoms with van der Waals surface area (Å²) in [5.74, 6) is 0. The molecule has 1 fully saturated rings. The van der Waals surface area contributed by atoms with Crippen LogP contribution in [-0.4, -0.2) is 0 Å². The first-order valence-corrected chi connectivity index (χ1v) is 10.9. The Labute approximate surface area is 158 Å². The quantitative estimate of drug-likeness (QED) is 0.367. The molecule has 2 aliphatic carbocycles. The number of hydrogen-bond donors (Lipinski definition) is 0. The summed E-state index contributed by atoms with van der Waals surface area (Å²) in [5.41, 5.74) is 6.68. The number of unbranched alkanes of at least 4 members (excludes halogenated alkanes) is 2. The summed E-state index contributed by atoms with van der Waals surface area (Å²) in [5, 5.41) is 0. The zero-order valence-electron chi connectivity index (χ0n) is 18.4. The van der Waals surface area contributed by atoms with E-state index in [9.17, 15) is 0 Å². The van der Waals surface area contributed by atoms with Crippen molar-refractivity contribution in [3.8, 4) is 0 Å². The normalized spacial score (nSPS) is 22.1. The van der Waals surface area contributed by atoms with Gasteiger partial charge in [-0.25, -0.2) is 0 Å². The molecule has 0 spiro atoms. The summed E-state index contributed by atoms with van der Waals surface area (Å²) < 4.78 is 0. The number of hydrogen-bond acceptors (Lipinski definition) is 0. The predicted molar refractivity (Wildman–Crippen MR) is 113 cm³/mol. The first kappa shape index (κ1) is 20.8. The molecule has 2 aliphatic rings. The van der Waals surface area contributed by atoms with Crippen molar-refractivity contribution in [1.82, 2.24) is 0 Å². The highest BCUT2D eigenvalue weighted by Gasteiger charge is 2.36. The molecule has 0 atom stereocenters. The van der Waals surface area contributed by atoms with Gasteiger partial charge in [0.25, 0.3) is 0 Å². The molecule has 0 bridgehead atoms. The maximum Gasteiger partial charge on any atom is -0.0104 e. The molecule has 0 aromatic heterocycles. The van der Waals surface area contributed by atoms with Crippen LogP contribution in [-0.2, 0) is 0 Å². The number of rotatable bonds is 9. The third-order valence-corrected chi connectivity index (χ3v) is 6.74. The van der Waals surface area contributed by atoms with Gasteiger partial charge < -0.3 is 0 Å². The molecule has 0 aliphatic heterocycles. The van der Waals surface area contributed by atoms with Crippen LogP contribution >= 0.6 is 0 Å². The van der Waals surface area contributed by atoms with Crippen LogP contribution in [0, 0.1) is 16.2 Å². The summed E-state index contributed by atoms with van der Waals surface area (Å²) in [6.07, 6.45) is 17.7. The molecule has 0 aromatic rings. The molecule has 0 heteroatoms. The molecular weight excluding hydrogens is 300 g/mol. The standard InChI is InChI=1S/C25H44/c1-20-14-17-24(5,6)22(13-9-11-16-25(7)18-19-25)21(20)12-8-10-15-23(2,3)4/h14H,8-13,15-19H2,1-7H3. The van der Waals surface area contributed by atoms with Crippen molar-refractivity contribution in [2.45, 2.75) is 119 Å². The highest BCUT2D eigenvalue weighted by atomic mass is 14.4. The Balaban J connectivity index is 1.94. The van der Waals surface area contributed by atoms with E-state index in [1.54, 1.807) is 16.7 Å². The molecule has 25 heavy (non-hydrogen) atoms. The third-order valence-electron chi connectivity index (χ3n) is 6.74. The second-order valence-corrected chi connectivity index (χ2v) is 11.2. The zero-order chi connectivity index (χ0) is 18.7. The van der Waals surface area contributed by atoms with Gasteiger partial charge in [-0.3, -0.25) is 0 Å². The minimum Gasteiger partial charge on any atom is -0.0805 e. The van der Waals surface area contributed by atoms with Crippen LogP contribution in [0.5, 0.6) is 0 Å². The van der Waals surface area contributed by atoms with Crippen molar-refractivity contribution in [1.29, 1.82) is 0 Å². The lowest BCUT2D eigenvalue weighted by Gasteiger charge is -2.35.